The average molecular weight is 1130 g/mol. The maximum atomic E-state index is 12.6. The molecule has 1 amide bonds. The van der Waals surface area contributed by atoms with Crippen molar-refractivity contribution in [3.05, 3.63) is 109 Å². The molecule has 0 aliphatic carbocycles. The first kappa shape index (κ1) is 56.9. The number of carbonyl (C=O) groups excluding carboxylic acids is 1. The Kier molecular flexibility index (Phi) is 18.2. The Hall–Kier alpha value is -4.72. The number of benzene rings is 2. The number of aliphatic imine (C=N–C) groups is 2. The molecule has 0 bridgehead atoms. The number of amides is 1. The van der Waals surface area contributed by atoms with E-state index in [0.29, 0.717) is 36.9 Å². The van der Waals surface area contributed by atoms with E-state index in [0.717, 1.165) is 28.4 Å². The summed E-state index contributed by atoms with van der Waals surface area (Å²) in [7, 11) is -6.18. The lowest BCUT2D eigenvalue weighted by Gasteiger charge is -2.35. The van der Waals surface area contributed by atoms with Gasteiger partial charge in [0.15, 0.2) is 11.4 Å². The van der Waals surface area contributed by atoms with Crippen LogP contribution in [0.1, 0.15) is 51.8 Å². The van der Waals surface area contributed by atoms with Crippen LogP contribution in [0.2, 0.25) is 10.0 Å². The van der Waals surface area contributed by atoms with Gasteiger partial charge < -0.3 is 29.6 Å². The lowest BCUT2D eigenvalue weighted by Crippen LogP contribution is -2.53. The molecule has 0 saturated carbocycles. The minimum Gasteiger partial charge on any atom is -0.444 e. The summed E-state index contributed by atoms with van der Waals surface area (Å²) in [6, 6.07) is 25.8. The normalized spacial score (nSPS) is 19.2. The molecule has 27 heteroatoms. The second-order valence-electron chi connectivity index (χ2n) is 16.3. The smallest absolute Gasteiger partial charge is 0.444 e. The lowest BCUT2D eigenvalue weighted by atomic mass is 9.87. The Morgan fingerprint density at radius 2 is 1.32 bits per heavy atom. The summed E-state index contributed by atoms with van der Waals surface area (Å²) < 4.78 is 68.1. The van der Waals surface area contributed by atoms with Gasteiger partial charge in [-0.2, -0.15) is 0 Å². The summed E-state index contributed by atoms with van der Waals surface area (Å²) in [6.07, 6.45) is -0.781. The zero-order valence-electron chi connectivity index (χ0n) is 37.3. The van der Waals surface area contributed by atoms with Crippen molar-refractivity contribution in [3.8, 4) is 33.2 Å². The highest BCUT2D eigenvalue weighted by atomic mass is 79.9. The molecule has 2 aliphatic heterocycles. The Balaban J connectivity index is 0.000000233. The monoisotopic (exact) mass is 1120 g/mol. The minimum absolute atomic E-state index is 0. The van der Waals surface area contributed by atoms with Crippen LogP contribution < -0.4 is 16.7 Å². The number of nitrogens with one attached hydrogen (secondary N) is 1. The summed E-state index contributed by atoms with van der Waals surface area (Å²) in [6.45, 7) is 8.51. The molecule has 0 unspecified atom stereocenters. The first-order valence-corrected chi connectivity index (χ1v) is 26.1. The van der Waals surface area contributed by atoms with Gasteiger partial charge in [-0.3, -0.25) is 5.32 Å². The molecule has 2 atom stereocenters. The fraction of sp³-hybridized carbons (Fsp3) is 0.310. The van der Waals surface area contributed by atoms with Crippen LogP contribution >= 0.6 is 61.8 Å². The van der Waals surface area contributed by atoms with Crippen LogP contribution in [0.5, 0.6) is 0 Å². The van der Waals surface area contributed by atoms with Gasteiger partial charge in [0.2, 0.25) is 32.0 Å². The highest BCUT2D eigenvalue weighted by Gasteiger charge is 2.45. The van der Waals surface area contributed by atoms with E-state index in [2.05, 4.69) is 41.5 Å². The zero-order valence-corrected chi connectivity index (χ0v) is 43.7. The van der Waals surface area contributed by atoms with Crippen molar-refractivity contribution in [1.82, 2.24) is 24.2 Å². The number of sulfonamides is 2. The molecule has 69 heavy (non-hydrogen) atoms. The minimum atomic E-state index is -3.70. The van der Waals surface area contributed by atoms with Crippen molar-refractivity contribution in [1.29, 1.82) is 0 Å². The first-order valence-electron chi connectivity index (χ1n) is 19.7. The van der Waals surface area contributed by atoms with E-state index in [9.17, 15) is 21.6 Å². The second-order valence-corrected chi connectivity index (χ2v) is 24.6. The SMILES string of the molecule is C.CN1C(N)=N[C@](C)(c2sc(-c3cc(-c4ccccc4)no3)cc2Cl)CS1(=O)=O.CN1C(NC(=O)OC(C)(C)C)=N[C@](C)(c2sc(Br)cc2Cl)CS1(=O)=O.OB(O)c1cc(-c2ccccc2)no1.[B]. The quantitative estimate of drug-likeness (QED) is 0.119. The van der Waals surface area contributed by atoms with Crippen LogP contribution in [-0.4, -0.2) is 111 Å². The van der Waals surface area contributed by atoms with Crippen molar-refractivity contribution >= 4 is 121 Å². The van der Waals surface area contributed by atoms with E-state index < -0.39 is 49.9 Å². The van der Waals surface area contributed by atoms with E-state index >= 15 is 0 Å². The van der Waals surface area contributed by atoms with Crippen LogP contribution in [-0.2, 0) is 35.9 Å². The fourth-order valence-corrected chi connectivity index (χ4v) is 13.3. The van der Waals surface area contributed by atoms with Gasteiger partial charge in [-0.1, -0.05) is 102 Å². The molecule has 367 valence electrons. The Morgan fingerprint density at radius 3 is 1.81 bits per heavy atom. The van der Waals surface area contributed by atoms with E-state index in [1.54, 1.807) is 46.8 Å². The number of hydrogen-bond acceptors (Lipinski definition) is 17. The van der Waals surface area contributed by atoms with Gasteiger partial charge in [0.05, 0.1) is 40.0 Å². The molecule has 2 aliphatic rings. The zero-order chi connectivity index (χ0) is 49.3. The molecule has 6 aromatic rings. The van der Waals surface area contributed by atoms with Crippen molar-refractivity contribution in [3.63, 3.8) is 0 Å². The number of ether oxygens (including phenoxy) is 1. The van der Waals surface area contributed by atoms with Crippen LogP contribution in [0.4, 0.5) is 4.79 Å². The summed E-state index contributed by atoms with van der Waals surface area (Å²) in [5.41, 5.74) is 6.08. The van der Waals surface area contributed by atoms with Gasteiger partial charge in [0.1, 0.15) is 28.1 Å². The van der Waals surface area contributed by atoms with E-state index in [4.69, 9.17) is 52.8 Å². The summed E-state index contributed by atoms with van der Waals surface area (Å²) >= 11 is 18.6. The van der Waals surface area contributed by atoms with E-state index in [1.165, 1.54) is 42.8 Å². The molecule has 0 spiro atoms. The maximum absolute atomic E-state index is 12.6. The summed E-state index contributed by atoms with van der Waals surface area (Å²) in [4.78, 5) is 22.8. The molecular formula is C42H48B2BrCl2N8O10S4. The van der Waals surface area contributed by atoms with Crippen molar-refractivity contribution in [2.24, 2.45) is 15.7 Å². The van der Waals surface area contributed by atoms with Crippen LogP contribution in [0, 0.1) is 0 Å². The molecule has 3 radical (unpaired) electrons. The molecule has 0 saturated heterocycles. The van der Waals surface area contributed by atoms with Crippen LogP contribution in [0.25, 0.3) is 33.2 Å². The number of aromatic nitrogens is 2. The number of nitrogens with two attached hydrogens (primary N) is 1. The number of hydrogen-bond donors (Lipinski definition) is 4. The molecule has 8 rings (SSSR count). The third-order valence-electron chi connectivity index (χ3n) is 9.71. The summed E-state index contributed by atoms with van der Waals surface area (Å²) in [5.74, 6) is -0.103. The molecule has 4 aromatic heterocycles. The number of nitrogens with zero attached hydrogens (tertiary/aromatic N) is 6. The third kappa shape index (κ3) is 13.6. The van der Waals surface area contributed by atoms with Crippen LogP contribution in [0.3, 0.4) is 0 Å². The predicted octanol–water partition coefficient (Wildman–Crippen LogP) is 7.34. The second kappa shape index (κ2) is 22.1. The Labute approximate surface area is 429 Å². The average Bonchev–Trinajstić information content (AvgIpc) is 4.06. The van der Waals surface area contributed by atoms with Gasteiger partial charge in [-0.25, -0.2) is 40.2 Å². The highest BCUT2D eigenvalue weighted by Crippen LogP contribution is 2.45. The predicted molar refractivity (Wildman–Crippen MR) is 278 cm³/mol. The number of rotatable bonds is 6. The molecule has 2 aromatic carbocycles. The van der Waals surface area contributed by atoms with Gasteiger partial charge in [0.25, 0.3) is 0 Å². The molecule has 5 N–H and O–H groups in total. The maximum Gasteiger partial charge on any atom is 0.529 e. The van der Waals surface area contributed by atoms with Gasteiger partial charge in [-0.05, 0) is 62.7 Å². The van der Waals surface area contributed by atoms with Gasteiger partial charge in [0, 0.05) is 45.8 Å². The van der Waals surface area contributed by atoms with Crippen molar-refractivity contribution < 1.29 is 45.5 Å². The van der Waals surface area contributed by atoms with Gasteiger partial charge >= 0.3 is 13.2 Å². The Morgan fingerprint density at radius 1 is 0.826 bits per heavy atom. The summed E-state index contributed by atoms with van der Waals surface area (Å²) in [5, 5.41) is 28.7. The van der Waals surface area contributed by atoms with Crippen LogP contribution in [0.15, 0.2) is 108 Å². The first-order chi connectivity index (χ1) is 31.2. The topological polar surface area (TPSA) is 256 Å². The van der Waals surface area contributed by atoms with Crippen molar-refractivity contribution in [2.45, 2.75) is 58.7 Å². The molecule has 0 fully saturated rings. The number of thiophene rings is 2. The number of carbonyl (C=O) groups is 1. The largest absolute Gasteiger partial charge is 0.529 e. The number of guanidine groups is 2. The fourth-order valence-electron chi connectivity index (χ4n) is 6.46. The lowest BCUT2D eigenvalue weighted by molar-refractivity contribution is 0.0559. The number of halogens is 3. The molecule has 18 nitrogen and oxygen atoms in total. The standard InChI is InChI=1S/C18H17ClN4O3S2.C14H19BrClN3O4S2.C9H8BNO3.CH4.B/c1-18(10-28(24,25)23(2)17(20)21-18)16-12(19)8-15(27-16)14-9-13(22-26-14)11-6-4-3-5-7-11;1-13(2,3)23-12(20)17-11-18-14(4,7-25(21,22)19(11)5)10-8(16)6-9(15)24-10;12-10(13)9-6-8(11-14-9)7-4-2-1-3-5-7;;/h3-9H,10H2,1-2H3,(H2,20,21);6H,7H2,1-5H3,(H,17,18,20);1-6,12-13H;1H4;/t18-;14-;;;/m00.../s1. The third-order valence-corrected chi connectivity index (χ3v) is 17.7. The van der Waals surface area contributed by atoms with Crippen molar-refractivity contribution in [2.75, 3.05) is 25.6 Å². The number of alkyl carbamates (subject to hydrolysis) is 1. The molecule has 6 heterocycles. The van der Waals surface area contributed by atoms with E-state index in [1.807, 2.05) is 66.7 Å². The van der Waals surface area contributed by atoms with E-state index in [-0.39, 0.29) is 44.9 Å². The Bertz CT molecular complexity index is 3040. The highest BCUT2D eigenvalue weighted by molar-refractivity contribution is 9.11. The van der Waals surface area contributed by atoms with Gasteiger partial charge in [-0.15, -0.1) is 22.7 Å². The molecular weight excluding hydrogens is 1080 g/mol.